The van der Waals surface area contributed by atoms with Gasteiger partial charge in [0.05, 0.1) is 25.2 Å². The Bertz CT molecular complexity index is 687. The Labute approximate surface area is 160 Å². The number of aromatic nitrogens is 3. The van der Waals surface area contributed by atoms with E-state index in [2.05, 4.69) is 10.1 Å². The molecule has 8 heteroatoms. The van der Waals surface area contributed by atoms with E-state index in [-0.39, 0.29) is 29.8 Å². The van der Waals surface area contributed by atoms with Gasteiger partial charge < -0.3 is 14.5 Å². The van der Waals surface area contributed by atoms with Gasteiger partial charge in [-0.25, -0.2) is 9.67 Å². The summed E-state index contributed by atoms with van der Waals surface area (Å²) >= 11 is 0. The molecule has 2 fully saturated rings. The molecule has 0 spiro atoms. The van der Waals surface area contributed by atoms with E-state index < -0.39 is 0 Å². The van der Waals surface area contributed by atoms with Crippen LogP contribution in [0.1, 0.15) is 38.3 Å². The van der Waals surface area contributed by atoms with Gasteiger partial charge in [0, 0.05) is 32.1 Å². The largest absolute Gasteiger partial charge is 0.373 e. The highest BCUT2D eigenvalue weighted by Crippen LogP contribution is 2.22. The number of rotatable bonds is 4. The zero-order valence-electron chi connectivity index (χ0n) is 16.8. The van der Waals surface area contributed by atoms with Crippen LogP contribution < -0.4 is 0 Å². The summed E-state index contributed by atoms with van der Waals surface area (Å²) in [5, 5.41) is 4.39. The SMILES string of the molecule is Cc1nc(C)n(C[C@@H]2CN(C(=O)[C@@H]3CCCN(C(=O)C(C)C)C3)CCO2)n1. The molecular weight excluding hydrogens is 346 g/mol. The highest BCUT2D eigenvalue weighted by atomic mass is 16.5. The molecule has 0 radical (unpaired) electrons. The molecule has 2 amide bonds. The second-order valence-electron chi connectivity index (χ2n) is 7.94. The Morgan fingerprint density at radius 1 is 1.19 bits per heavy atom. The van der Waals surface area contributed by atoms with Gasteiger partial charge in [-0.3, -0.25) is 9.59 Å². The average molecular weight is 377 g/mol. The lowest BCUT2D eigenvalue weighted by Gasteiger charge is -2.38. The van der Waals surface area contributed by atoms with Gasteiger partial charge in [-0.15, -0.1) is 0 Å². The number of ether oxygens (including phenoxy) is 1. The molecule has 0 bridgehead atoms. The minimum Gasteiger partial charge on any atom is -0.373 e. The molecule has 0 aliphatic carbocycles. The molecule has 3 rings (SSSR count). The van der Waals surface area contributed by atoms with Crippen LogP contribution in [0.15, 0.2) is 0 Å². The number of amides is 2. The average Bonchev–Trinajstić information content (AvgIpc) is 2.97. The number of nitrogens with zero attached hydrogens (tertiary/aromatic N) is 5. The van der Waals surface area contributed by atoms with Crippen LogP contribution in [-0.2, 0) is 20.9 Å². The van der Waals surface area contributed by atoms with Crippen molar-refractivity contribution in [2.75, 3.05) is 32.8 Å². The van der Waals surface area contributed by atoms with E-state index in [9.17, 15) is 9.59 Å². The smallest absolute Gasteiger partial charge is 0.227 e. The summed E-state index contributed by atoms with van der Waals surface area (Å²) in [5.41, 5.74) is 0. The molecule has 1 aromatic rings. The van der Waals surface area contributed by atoms with E-state index in [0.29, 0.717) is 32.8 Å². The zero-order chi connectivity index (χ0) is 19.6. The summed E-state index contributed by atoms with van der Waals surface area (Å²) in [4.78, 5) is 33.4. The van der Waals surface area contributed by atoms with Gasteiger partial charge >= 0.3 is 0 Å². The standard InChI is InChI=1S/C19H31N5O3/c1-13(2)18(25)22-7-5-6-16(10-22)19(26)23-8-9-27-17(11-23)12-24-15(4)20-14(3)21-24/h13,16-17H,5-12H2,1-4H3/t16-,17+/m1/s1. The van der Waals surface area contributed by atoms with Gasteiger partial charge in [0.15, 0.2) is 0 Å². The third kappa shape index (κ3) is 4.66. The predicted octanol–water partition coefficient (Wildman–Crippen LogP) is 1.02. The van der Waals surface area contributed by atoms with Crippen LogP contribution in [-0.4, -0.2) is 75.3 Å². The zero-order valence-corrected chi connectivity index (χ0v) is 16.8. The van der Waals surface area contributed by atoms with Gasteiger partial charge in [0.1, 0.15) is 11.6 Å². The minimum absolute atomic E-state index is 0.0269. The molecule has 150 valence electrons. The first-order valence-corrected chi connectivity index (χ1v) is 9.92. The van der Waals surface area contributed by atoms with Crippen molar-refractivity contribution in [3.8, 4) is 0 Å². The maximum Gasteiger partial charge on any atom is 0.227 e. The van der Waals surface area contributed by atoms with Crippen LogP contribution in [0.2, 0.25) is 0 Å². The van der Waals surface area contributed by atoms with Crippen LogP contribution in [0, 0.1) is 25.7 Å². The maximum atomic E-state index is 13.1. The number of hydrogen-bond donors (Lipinski definition) is 0. The van der Waals surface area contributed by atoms with Crippen LogP contribution >= 0.6 is 0 Å². The number of carbonyl (C=O) groups excluding carboxylic acids is 2. The lowest BCUT2D eigenvalue weighted by atomic mass is 9.95. The van der Waals surface area contributed by atoms with Crippen LogP contribution in [0.4, 0.5) is 0 Å². The molecule has 8 nitrogen and oxygen atoms in total. The molecule has 0 aromatic carbocycles. The molecule has 2 aliphatic rings. The van der Waals surface area contributed by atoms with E-state index in [1.54, 1.807) is 0 Å². The first-order chi connectivity index (χ1) is 12.8. The third-order valence-corrected chi connectivity index (χ3v) is 5.37. The van der Waals surface area contributed by atoms with Gasteiger partial charge in [-0.05, 0) is 26.7 Å². The molecular formula is C19H31N5O3. The van der Waals surface area contributed by atoms with Crippen molar-refractivity contribution in [1.82, 2.24) is 24.6 Å². The quantitative estimate of drug-likeness (QED) is 0.783. The summed E-state index contributed by atoms with van der Waals surface area (Å²) in [6.45, 7) is 11.2. The van der Waals surface area contributed by atoms with Crippen molar-refractivity contribution < 1.29 is 14.3 Å². The van der Waals surface area contributed by atoms with Crippen molar-refractivity contribution in [3.05, 3.63) is 11.6 Å². The fourth-order valence-electron chi connectivity index (χ4n) is 3.96. The number of aryl methyl sites for hydroxylation is 2. The number of hydrogen-bond acceptors (Lipinski definition) is 5. The first kappa shape index (κ1) is 19.8. The van der Waals surface area contributed by atoms with Gasteiger partial charge in [0.2, 0.25) is 11.8 Å². The number of carbonyl (C=O) groups is 2. The normalized spacial score (nSPS) is 23.7. The topological polar surface area (TPSA) is 80.6 Å². The second kappa shape index (κ2) is 8.37. The second-order valence-corrected chi connectivity index (χ2v) is 7.94. The Kier molecular flexibility index (Phi) is 6.14. The highest BCUT2D eigenvalue weighted by Gasteiger charge is 2.34. The van der Waals surface area contributed by atoms with Gasteiger partial charge in [-0.1, -0.05) is 13.8 Å². The van der Waals surface area contributed by atoms with Crippen LogP contribution in [0.5, 0.6) is 0 Å². The Balaban J connectivity index is 1.59. The lowest BCUT2D eigenvalue weighted by molar-refractivity contribution is -0.148. The molecule has 0 N–H and O–H groups in total. The van der Waals surface area contributed by atoms with Gasteiger partial charge in [0.25, 0.3) is 0 Å². The van der Waals surface area contributed by atoms with E-state index in [1.165, 1.54) is 0 Å². The van der Waals surface area contributed by atoms with Crippen molar-refractivity contribution in [1.29, 1.82) is 0 Å². The molecule has 0 saturated carbocycles. The molecule has 2 saturated heterocycles. The monoisotopic (exact) mass is 377 g/mol. The Hall–Kier alpha value is -1.96. The van der Waals surface area contributed by atoms with Crippen molar-refractivity contribution in [2.45, 2.75) is 53.2 Å². The Morgan fingerprint density at radius 3 is 2.63 bits per heavy atom. The molecule has 2 aliphatic heterocycles. The number of piperidine rings is 1. The summed E-state index contributed by atoms with van der Waals surface area (Å²) < 4.78 is 7.70. The van der Waals surface area contributed by atoms with E-state index in [1.807, 2.05) is 42.2 Å². The minimum atomic E-state index is -0.101. The molecule has 0 unspecified atom stereocenters. The van der Waals surface area contributed by atoms with Crippen molar-refractivity contribution >= 4 is 11.8 Å². The molecule has 27 heavy (non-hydrogen) atoms. The van der Waals surface area contributed by atoms with Crippen molar-refractivity contribution in [2.24, 2.45) is 11.8 Å². The fourth-order valence-corrected chi connectivity index (χ4v) is 3.96. The summed E-state index contributed by atoms with van der Waals surface area (Å²) in [7, 11) is 0. The Morgan fingerprint density at radius 2 is 1.96 bits per heavy atom. The van der Waals surface area contributed by atoms with E-state index in [0.717, 1.165) is 31.0 Å². The summed E-state index contributed by atoms with van der Waals surface area (Å²) in [6, 6.07) is 0. The fraction of sp³-hybridized carbons (Fsp3) is 0.789. The third-order valence-electron chi connectivity index (χ3n) is 5.37. The highest BCUT2D eigenvalue weighted by molar-refractivity contribution is 5.82. The lowest BCUT2D eigenvalue weighted by Crippen LogP contribution is -2.52. The van der Waals surface area contributed by atoms with E-state index in [4.69, 9.17) is 4.74 Å². The van der Waals surface area contributed by atoms with Crippen LogP contribution in [0.3, 0.4) is 0 Å². The van der Waals surface area contributed by atoms with Crippen molar-refractivity contribution in [3.63, 3.8) is 0 Å². The molecule has 2 atom stereocenters. The molecule has 1 aromatic heterocycles. The van der Waals surface area contributed by atoms with Gasteiger partial charge in [-0.2, -0.15) is 5.10 Å². The first-order valence-electron chi connectivity index (χ1n) is 9.92. The maximum absolute atomic E-state index is 13.1. The number of likely N-dealkylation sites (tertiary alicyclic amines) is 1. The van der Waals surface area contributed by atoms with Crippen LogP contribution in [0.25, 0.3) is 0 Å². The summed E-state index contributed by atoms with van der Waals surface area (Å²) in [5.74, 6) is 1.76. The number of morpholine rings is 1. The molecule has 3 heterocycles. The predicted molar refractivity (Wildman–Crippen MR) is 100.0 cm³/mol. The van der Waals surface area contributed by atoms with E-state index >= 15 is 0 Å². The summed E-state index contributed by atoms with van der Waals surface area (Å²) in [6.07, 6.45) is 1.66.